The molecule has 0 radical (unpaired) electrons. The molecule has 0 bridgehead atoms. The highest BCUT2D eigenvalue weighted by atomic mass is 16.3. The molecule has 0 rings (SSSR count). The molecule has 0 fully saturated rings. The van der Waals surface area contributed by atoms with E-state index < -0.39 is 0 Å². The molecule has 25 heavy (non-hydrogen) atoms. The third kappa shape index (κ3) is 13.2. The number of aliphatic hydroxyl groups is 5. The van der Waals surface area contributed by atoms with E-state index in [9.17, 15) is 5.11 Å². The zero-order valence-corrected chi connectivity index (χ0v) is 15.7. The predicted molar refractivity (Wildman–Crippen MR) is 101 cm³/mol. The van der Waals surface area contributed by atoms with Crippen LogP contribution in [0.3, 0.4) is 0 Å². The summed E-state index contributed by atoms with van der Waals surface area (Å²) >= 11 is 0. The Bertz CT molecular complexity index is 361. The summed E-state index contributed by atoms with van der Waals surface area (Å²) in [5.74, 6) is 0.257. The molecule has 5 N–H and O–H groups in total. The van der Waals surface area contributed by atoms with E-state index in [0.29, 0.717) is 5.92 Å². The first-order chi connectivity index (χ1) is 12.1. The lowest BCUT2D eigenvalue weighted by atomic mass is 9.93. The molecule has 0 unspecified atom stereocenters. The number of hydrogen-bond acceptors (Lipinski definition) is 5. The molecule has 0 saturated carbocycles. The van der Waals surface area contributed by atoms with Gasteiger partial charge in [-0.15, -0.1) is 0 Å². The summed E-state index contributed by atoms with van der Waals surface area (Å²) in [5.41, 5.74) is 2.19. The molecule has 1 atom stereocenters. The van der Waals surface area contributed by atoms with E-state index in [-0.39, 0.29) is 39.0 Å². The van der Waals surface area contributed by atoms with Gasteiger partial charge >= 0.3 is 0 Å². The largest absolute Gasteiger partial charge is 0.396 e. The van der Waals surface area contributed by atoms with Crippen LogP contribution in [0.1, 0.15) is 58.3 Å². The van der Waals surface area contributed by atoms with Crippen molar-refractivity contribution in [3.8, 4) is 0 Å². The molecule has 0 amide bonds. The highest BCUT2D eigenvalue weighted by Crippen LogP contribution is 2.20. The minimum absolute atomic E-state index is 0.000945. The smallest absolute Gasteiger partial charge is 0.0642 e. The van der Waals surface area contributed by atoms with Crippen LogP contribution in [-0.4, -0.2) is 58.6 Å². The van der Waals surface area contributed by atoms with E-state index in [4.69, 9.17) is 20.4 Å². The van der Waals surface area contributed by atoms with Crippen LogP contribution in [0.4, 0.5) is 0 Å². The molecule has 148 valence electrons. The Balaban J connectivity index is 3.96. The van der Waals surface area contributed by atoms with Crippen molar-refractivity contribution in [2.75, 3.05) is 33.0 Å². The highest BCUT2D eigenvalue weighted by molar-refractivity contribution is 5.06. The van der Waals surface area contributed by atoms with Crippen LogP contribution in [0.5, 0.6) is 0 Å². The molecular formula is C20H38O5. The van der Waals surface area contributed by atoms with E-state index in [0.717, 1.165) is 56.9 Å². The number of aliphatic hydroxyl groups excluding tert-OH is 5. The fraction of sp³-hybridized carbons (Fsp3) is 0.800. The van der Waals surface area contributed by atoms with Crippen LogP contribution in [0.25, 0.3) is 0 Å². The van der Waals surface area contributed by atoms with Gasteiger partial charge in [-0.3, -0.25) is 0 Å². The van der Waals surface area contributed by atoms with E-state index in [2.05, 4.69) is 13.0 Å². The van der Waals surface area contributed by atoms with Crippen molar-refractivity contribution in [1.82, 2.24) is 0 Å². The molecule has 0 aliphatic carbocycles. The zero-order chi connectivity index (χ0) is 18.9. The first-order valence-electron chi connectivity index (χ1n) is 9.49. The van der Waals surface area contributed by atoms with Crippen LogP contribution < -0.4 is 0 Å². The second kappa shape index (κ2) is 16.7. The molecule has 0 aromatic heterocycles. The van der Waals surface area contributed by atoms with Gasteiger partial charge in [-0.25, -0.2) is 0 Å². The fourth-order valence-corrected chi connectivity index (χ4v) is 2.91. The maximum Gasteiger partial charge on any atom is 0.0642 e. The molecule has 0 aliphatic heterocycles. The lowest BCUT2D eigenvalue weighted by Crippen LogP contribution is -2.12. The van der Waals surface area contributed by atoms with Crippen LogP contribution >= 0.6 is 0 Å². The Morgan fingerprint density at radius 2 is 1.36 bits per heavy atom. The molecule has 0 spiro atoms. The van der Waals surface area contributed by atoms with Gasteiger partial charge in [0.25, 0.3) is 0 Å². The normalized spacial score (nSPS) is 14.4. The van der Waals surface area contributed by atoms with Crippen molar-refractivity contribution in [2.24, 2.45) is 11.8 Å². The molecule has 0 heterocycles. The van der Waals surface area contributed by atoms with E-state index in [1.807, 2.05) is 0 Å². The SMILES string of the molecule is C/C(=C\CC/C(=C/CO)CO)CCC[C@H](CO)CCCC(CO)CO. The predicted octanol–water partition coefficient (Wildman–Crippen LogP) is 2.17. The number of hydrogen-bond donors (Lipinski definition) is 5. The fourth-order valence-electron chi connectivity index (χ4n) is 2.91. The summed E-state index contributed by atoms with van der Waals surface area (Å²) in [6.07, 6.45) is 11.2. The Morgan fingerprint density at radius 1 is 0.760 bits per heavy atom. The van der Waals surface area contributed by atoms with Crippen molar-refractivity contribution in [2.45, 2.75) is 58.3 Å². The van der Waals surface area contributed by atoms with E-state index in [1.165, 1.54) is 5.57 Å². The Morgan fingerprint density at radius 3 is 1.92 bits per heavy atom. The van der Waals surface area contributed by atoms with Crippen LogP contribution in [0.15, 0.2) is 23.3 Å². The van der Waals surface area contributed by atoms with Crippen LogP contribution in [0.2, 0.25) is 0 Å². The molecule has 0 aromatic carbocycles. The lowest BCUT2D eigenvalue weighted by Gasteiger charge is -2.16. The third-order valence-electron chi connectivity index (χ3n) is 4.72. The van der Waals surface area contributed by atoms with Crippen molar-refractivity contribution in [3.63, 3.8) is 0 Å². The highest BCUT2D eigenvalue weighted by Gasteiger charge is 2.10. The Hall–Kier alpha value is -0.720. The zero-order valence-electron chi connectivity index (χ0n) is 15.7. The number of allylic oxidation sites excluding steroid dienone is 2. The maximum atomic E-state index is 9.49. The monoisotopic (exact) mass is 358 g/mol. The van der Waals surface area contributed by atoms with Gasteiger partial charge in [0.15, 0.2) is 0 Å². The molecule has 0 aliphatic rings. The first kappa shape index (κ1) is 24.3. The lowest BCUT2D eigenvalue weighted by molar-refractivity contribution is 0.137. The quantitative estimate of drug-likeness (QED) is 0.272. The minimum atomic E-state index is -0.0341. The summed E-state index contributed by atoms with van der Waals surface area (Å²) in [7, 11) is 0. The van der Waals surface area contributed by atoms with Crippen molar-refractivity contribution in [1.29, 1.82) is 0 Å². The van der Waals surface area contributed by atoms with Gasteiger partial charge in [0.05, 0.1) is 13.2 Å². The van der Waals surface area contributed by atoms with Crippen molar-refractivity contribution >= 4 is 0 Å². The van der Waals surface area contributed by atoms with Crippen LogP contribution in [0, 0.1) is 11.8 Å². The van der Waals surface area contributed by atoms with Crippen molar-refractivity contribution < 1.29 is 25.5 Å². The van der Waals surface area contributed by atoms with Crippen LogP contribution in [-0.2, 0) is 0 Å². The summed E-state index contributed by atoms with van der Waals surface area (Å²) < 4.78 is 0. The average Bonchev–Trinajstić information content (AvgIpc) is 2.63. The summed E-state index contributed by atoms with van der Waals surface area (Å²) in [4.78, 5) is 0. The van der Waals surface area contributed by atoms with Gasteiger partial charge in [0.1, 0.15) is 0 Å². The van der Waals surface area contributed by atoms with Gasteiger partial charge in [-0.2, -0.15) is 0 Å². The molecule has 0 saturated heterocycles. The summed E-state index contributed by atoms with van der Waals surface area (Å²) in [5, 5.41) is 45.6. The van der Waals surface area contributed by atoms with Gasteiger partial charge < -0.3 is 25.5 Å². The van der Waals surface area contributed by atoms with Gasteiger partial charge in [0, 0.05) is 25.7 Å². The van der Waals surface area contributed by atoms with Gasteiger partial charge in [-0.1, -0.05) is 24.1 Å². The molecule has 5 nitrogen and oxygen atoms in total. The van der Waals surface area contributed by atoms with E-state index in [1.54, 1.807) is 6.08 Å². The minimum Gasteiger partial charge on any atom is -0.396 e. The van der Waals surface area contributed by atoms with Gasteiger partial charge in [0.2, 0.25) is 0 Å². The van der Waals surface area contributed by atoms with Crippen molar-refractivity contribution in [3.05, 3.63) is 23.3 Å². The summed E-state index contributed by atoms with van der Waals surface area (Å²) in [6.45, 7) is 2.32. The van der Waals surface area contributed by atoms with E-state index >= 15 is 0 Å². The Labute approximate surface area is 152 Å². The second-order valence-corrected chi connectivity index (χ2v) is 6.90. The molecule has 5 heteroatoms. The summed E-state index contributed by atoms with van der Waals surface area (Å²) in [6, 6.07) is 0. The molecular weight excluding hydrogens is 320 g/mol. The average molecular weight is 359 g/mol. The second-order valence-electron chi connectivity index (χ2n) is 6.90. The first-order valence-corrected chi connectivity index (χ1v) is 9.49. The third-order valence-corrected chi connectivity index (χ3v) is 4.72. The maximum absolute atomic E-state index is 9.49. The van der Waals surface area contributed by atoms with Gasteiger partial charge in [-0.05, 0) is 63.4 Å². The number of rotatable bonds is 16. The standard InChI is InChI=1S/C20H38O5/c1-17(6-3-8-19(14-23)11-12-21)5-2-7-18(13-22)9-4-10-20(15-24)16-25/h6,11,18,20-25H,2-5,7-10,12-16H2,1H3/b17-6+,19-11-/t18-/m0/s1. The Kier molecular flexibility index (Phi) is 16.3. The molecule has 0 aromatic rings. The topological polar surface area (TPSA) is 101 Å².